The maximum atomic E-state index is 2.41. The van der Waals surface area contributed by atoms with E-state index >= 15 is 0 Å². The first kappa shape index (κ1) is 9.87. The predicted octanol–water partition coefficient (Wildman–Crippen LogP) is 1.06. The highest BCUT2D eigenvalue weighted by Gasteiger charge is 2.20. The summed E-state index contributed by atoms with van der Waals surface area (Å²) in [5.74, 6) is 1.28. The fraction of sp³-hybridized carbons (Fsp3) is 0.455. The molecule has 1 atom stereocenters. The van der Waals surface area contributed by atoms with Crippen LogP contribution in [0.2, 0.25) is 0 Å². The molecule has 2 rings (SSSR count). The lowest BCUT2D eigenvalue weighted by Gasteiger charge is -2.13. The second-order valence-electron chi connectivity index (χ2n) is 3.80. The summed E-state index contributed by atoms with van der Waals surface area (Å²) >= 11 is 2.04. The van der Waals surface area contributed by atoms with Crippen LogP contribution in [0.25, 0.3) is 0 Å². The fourth-order valence-corrected chi connectivity index (χ4v) is 2.82. The Morgan fingerprint density at radius 2 is 2.00 bits per heavy atom. The minimum absolute atomic E-state index is 0.631. The van der Waals surface area contributed by atoms with Gasteiger partial charge in [0.05, 0.1) is 6.54 Å². The first-order chi connectivity index (χ1) is 6.77. The average molecular weight is 209 g/mol. The summed E-state index contributed by atoms with van der Waals surface area (Å²) in [6.07, 6.45) is 0. The summed E-state index contributed by atoms with van der Waals surface area (Å²) < 4.78 is 0. The van der Waals surface area contributed by atoms with Gasteiger partial charge in [-0.2, -0.15) is 0 Å². The van der Waals surface area contributed by atoms with Crippen LogP contribution in [0.3, 0.4) is 0 Å². The molecule has 14 heavy (non-hydrogen) atoms. The number of benzene rings is 1. The van der Waals surface area contributed by atoms with Crippen LogP contribution in [0.4, 0.5) is 5.69 Å². The molecule has 76 valence electrons. The molecular weight excluding hydrogens is 192 g/mol. The van der Waals surface area contributed by atoms with Gasteiger partial charge in [0.2, 0.25) is 0 Å². The van der Waals surface area contributed by atoms with Gasteiger partial charge in [-0.3, -0.25) is 0 Å². The van der Waals surface area contributed by atoms with E-state index in [-0.39, 0.29) is 0 Å². The van der Waals surface area contributed by atoms with Crippen molar-refractivity contribution in [1.29, 1.82) is 0 Å². The van der Waals surface area contributed by atoms with Gasteiger partial charge in [0.1, 0.15) is 0 Å². The highest BCUT2D eigenvalue weighted by Crippen LogP contribution is 2.25. The first-order valence-corrected chi connectivity index (χ1v) is 6.04. The van der Waals surface area contributed by atoms with Gasteiger partial charge in [0, 0.05) is 31.1 Å². The van der Waals surface area contributed by atoms with Crippen LogP contribution in [0.15, 0.2) is 24.3 Å². The van der Waals surface area contributed by atoms with Crippen LogP contribution in [0.1, 0.15) is 10.9 Å². The van der Waals surface area contributed by atoms with Crippen molar-refractivity contribution in [2.24, 2.45) is 0 Å². The minimum atomic E-state index is 0.631. The monoisotopic (exact) mass is 209 g/mol. The smallest absolute Gasteiger partial charge is 0.159 e. The molecule has 0 bridgehead atoms. The van der Waals surface area contributed by atoms with Crippen molar-refractivity contribution in [3.05, 3.63) is 29.8 Å². The molecule has 0 saturated carbocycles. The Morgan fingerprint density at radius 1 is 1.29 bits per heavy atom. The standard InChI is InChI=1S/C11H16N2S/c1-13(2)10-5-3-9(4-6-10)11-12-7-8-14-11/h3-6,11-12H,7-8H2,1-2H3/p+1. The molecule has 1 aliphatic rings. The number of thioether (sulfide) groups is 1. The number of hydrogen-bond acceptors (Lipinski definition) is 2. The minimum Gasteiger partial charge on any atom is -0.378 e. The molecule has 2 nitrogen and oxygen atoms in total. The highest BCUT2D eigenvalue weighted by molar-refractivity contribution is 7.99. The van der Waals surface area contributed by atoms with Crippen molar-refractivity contribution in [2.75, 3.05) is 31.3 Å². The van der Waals surface area contributed by atoms with E-state index in [1.165, 1.54) is 23.5 Å². The molecule has 0 amide bonds. The van der Waals surface area contributed by atoms with Crippen LogP contribution in [-0.4, -0.2) is 26.4 Å². The van der Waals surface area contributed by atoms with Crippen LogP contribution in [0.5, 0.6) is 0 Å². The van der Waals surface area contributed by atoms with Gasteiger partial charge in [0.25, 0.3) is 0 Å². The van der Waals surface area contributed by atoms with Gasteiger partial charge in [-0.15, -0.1) is 0 Å². The third-order valence-electron chi connectivity index (χ3n) is 2.53. The molecular formula is C11H17N2S+. The quantitative estimate of drug-likeness (QED) is 0.786. The van der Waals surface area contributed by atoms with Crippen molar-refractivity contribution < 1.29 is 5.32 Å². The molecule has 0 radical (unpaired) electrons. The summed E-state index contributed by atoms with van der Waals surface area (Å²) in [5.41, 5.74) is 2.72. The molecule has 1 fully saturated rings. The summed E-state index contributed by atoms with van der Waals surface area (Å²) in [6.45, 7) is 1.25. The normalized spacial score (nSPS) is 21.1. The lowest BCUT2D eigenvalue weighted by atomic mass is 10.2. The van der Waals surface area contributed by atoms with E-state index in [9.17, 15) is 0 Å². The van der Waals surface area contributed by atoms with E-state index in [1.54, 1.807) is 0 Å². The molecule has 1 aromatic rings. The predicted molar refractivity (Wildman–Crippen MR) is 62.8 cm³/mol. The fourth-order valence-electron chi connectivity index (χ4n) is 1.68. The van der Waals surface area contributed by atoms with E-state index in [2.05, 4.69) is 48.6 Å². The molecule has 2 N–H and O–H groups in total. The number of hydrogen-bond donors (Lipinski definition) is 1. The van der Waals surface area contributed by atoms with E-state index in [1.807, 2.05) is 11.8 Å². The van der Waals surface area contributed by atoms with Crippen molar-refractivity contribution >= 4 is 17.4 Å². The van der Waals surface area contributed by atoms with Gasteiger partial charge in [-0.05, 0) is 12.1 Å². The SMILES string of the molecule is CN(C)c1ccc(C2[NH2+]CCS2)cc1. The van der Waals surface area contributed by atoms with Gasteiger partial charge in [-0.25, -0.2) is 0 Å². The van der Waals surface area contributed by atoms with Crippen molar-refractivity contribution in [1.82, 2.24) is 0 Å². The Bertz CT molecular complexity index is 289. The zero-order valence-electron chi connectivity index (χ0n) is 8.73. The number of anilines is 1. The second kappa shape index (κ2) is 4.24. The number of quaternary nitrogens is 1. The third-order valence-corrected chi connectivity index (χ3v) is 3.83. The Balaban J connectivity index is 2.12. The van der Waals surface area contributed by atoms with Gasteiger partial charge in [0.15, 0.2) is 5.37 Å². The first-order valence-electron chi connectivity index (χ1n) is 4.99. The molecule has 0 aliphatic carbocycles. The summed E-state index contributed by atoms with van der Waals surface area (Å²) in [7, 11) is 4.15. The lowest BCUT2D eigenvalue weighted by molar-refractivity contribution is -0.663. The Labute approximate surface area is 89.7 Å². The topological polar surface area (TPSA) is 19.9 Å². The molecule has 1 aromatic carbocycles. The maximum absolute atomic E-state index is 2.41. The average Bonchev–Trinajstić information content (AvgIpc) is 2.71. The van der Waals surface area contributed by atoms with Gasteiger partial charge < -0.3 is 10.2 Å². The van der Waals surface area contributed by atoms with Crippen molar-refractivity contribution in [2.45, 2.75) is 5.37 Å². The van der Waals surface area contributed by atoms with Gasteiger partial charge in [-0.1, -0.05) is 23.9 Å². The van der Waals surface area contributed by atoms with Crippen LogP contribution >= 0.6 is 11.8 Å². The van der Waals surface area contributed by atoms with E-state index in [4.69, 9.17) is 0 Å². The van der Waals surface area contributed by atoms with Gasteiger partial charge >= 0.3 is 0 Å². The van der Waals surface area contributed by atoms with Crippen molar-refractivity contribution in [3.8, 4) is 0 Å². The molecule has 0 aromatic heterocycles. The van der Waals surface area contributed by atoms with E-state index in [0.717, 1.165) is 0 Å². The Kier molecular flexibility index (Phi) is 2.99. The zero-order valence-corrected chi connectivity index (χ0v) is 9.55. The number of rotatable bonds is 2. The highest BCUT2D eigenvalue weighted by atomic mass is 32.2. The molecule has 1 heterocycles. The lowest BCUT2D eigenvalue weighted by Crippen LogP contribution is -2.81. The number of nitrogens with zero attached hydrogens (tertiary/aromatic N) is 1. The molecule has 1 unspecified atom stereocenters. The maximum Gasteiger partial charge on any atom is 0.159 e. The van der Waals surface area contributed by atoms with Crippen LogP contribution in [-0.2, 0) is 0 Å². The second-order valence-corrected chi connectivity index (χ2v) is 5.05. The van der Waals surface area contributed by atoms with Crippen LogP contribution < -0.4 is 10.2 Å². The molecule has 1 aliphatic heterocycles. The van der Waals surface area contributed by atoms with Crippen LogP contribution in [0, 0.1) is 0 Å². The third kappa shape index (κ3) is 2.04. The van der Waals surface area contributed by atoms with Crippen molar-refractivity contribution in [3.63, 3.8) is 0 Å². The number of nitrogens with two attached hydrogens (primary N) is 1. The summed E-state index contributed by atoms with van der Waals surface area (Å²) in [5, 5.41) is 3.04. The molecule has 0 spiro atoms. The Morgan fingerprint density at radius 3 is 2.50 bits per heavy atom. The Hall–Kier alpha value is -0.670. The zero-order chi connectivity index (χ0) is 9.97. The largest absolute Gasteiger partial charge is 0.378 e. The summed E-state index contributed by atoms with van der Waals surface area (Å²) in [6, 6.07) is 8.88. The summed E-state index contributed by atoms with van der Waals surface area (Å²) in [4.78, 5) is 2.13. The molecule has 3 heteroatoms. The van der Waals surface area contributed by atoms with E-state index in [0.29, 0.717) is 5.37 Å². The van der Waals surface area contributed by atoms with E-state index < -0.39 is 0 Å². The molecule has 1 saturated heterocycles.